The molecule has 0 amide bonds. The average molecular weight is 364 g/mol. The Labute approximate surface area is 158 Å². The minimum absolute atomic E-state index is 0.103. The van der Waals surface area contributed by atoms with Gasteiger partial charge in [0.25, 0.3) is 5.56 Å². The van der Waals surface area contributed by atoms with E-state index >= 15 is 0 Å². The minimum atomic E-state index is -0.103. The van der Waals surface area contributed by atoms with Gasteiger partial charge in [0.05, 0.1) is 12.8 Å². The Kier molecular flexibility index (Phi) is 5.86. The lowest BCUT2D eigenvalue weighted by atomic mass is 10.1. The quantitative estimate of drug-likeness (QED) is 0.698. The fourth-order valence-corrected chi connectivity index (χ4v) is 2.92. The molecule has 0 saturated heterocycles. The van der Waals surface area contributed by atoms with Crippen LogP contribution in [0.4, 0.5) is 5.95 Å². The van der Waals surface area contributed by atoms with Gasteiger partial charge in [0.15, 0.2) is 0 Å². The number of rotatable bonds is 7. The molecule has 0 unspecified atom stereocenters. The molecule has 0 saturated carbocycles. The predicted octanol–water partition coefficient (Wildman–Crippen LogP) is 3.07. The molecule has 0 spiro atoms. The maximum atomic E-state index is 12.3. The van der Waals surface area contributed by atoms with Crippen LogP contribution in [0.1, 0.15) is 18.1 Å². The van der Waals surface area contributed by atoms with Crippen molar-refractivity contribution in [3.05, 3.63) is 70.3 Å². The first kappa shape index (κ1) is 18.6. The molecule has 0 aliphatic heterocycles. The molecule has 2 heterocycles. The number of hydrogen-bond donors (Lipinski definition) is 1. The highest BCUT2D eigenvalue weighted by Crippen LogP contribution is 2.21. The van der Waals surface area contributed by atoms with Crippen molar-refractivity contribution in [3.8, 4) is 17.0 Å². The standard InChI is InChI=1S/C21H24N4O2/c1-4-16-6-5-15(13-19(16)27-3)7-12-23-21-24-18(14-20(26)25(21)2)17-8-10-22-11-9-17/h5-6,8-11,13-14H,4,7,12H2,1-3H3,(H,23,24). The predicted molar refractivity (Wildman–Crippen MR) is 107 cm³/mol. The Morgan fingerprint density at radius 1 is 1.15 bits per heavy atom. The molecule has 6 heteroatoms. The van der Waals surface area contributed by atoms with E-state index in [1.54, 1.807) is 26.6 Å². The highest BCUT2D eigenvalue weighted by molar-refractivity contribution is 5.59. The molecule has 1 N–H and O–H groups in total. The zero-order chi connectivity index (χ0) is 19.2. The van der Waals surface area contributed by atoms with Crippen molar-refractivity contribution in [2.45, 2.75) is 19.8 Å². The topological polar surface area (TPSA) is 69.0 Å². The Bertz CT molecular complexity index is 968. The number of methoxy groups -OCH3 is 1. The number of pyridine rings is 1. The molecule has 0 atom stereocenters. The first-order chi connectivity index (χ1) is 13.1. The van der Waals surface area contributed by atoms with Crippen molar-refractivity contribution in [2.24, 2.45) is 7.05 Å². The van der Waals surface area contributed by atoms with Crippen molar-refractivity contribution in [1.82, 2.24) is 14.5 Å². The fourth-order valence-electron chi connectivity index (χ4n) is 2.92. The van der Waals surface area contributed by atoms with Gasteiger partial charge < -0.3 is 10.1 Å². The van der Waals surface area contributed by atoms with Crippen LogP contribution >= 0.6 is 0 Å². The largest absolute Gasteiger partial charge is 0.496 e. The molecule has 140 valence electrons. The van der Waals surface area contributed by atoms with Gasteiger partial charge >= 0.3 is 0 Å². The lowest BCUT2D eigenvalue weighted by Crippen LogP contribution is -2.22. The van der Waals surface area contributed by atoms with Crippen LogP contribution in [-0.2, 0) is 19.9 Å². The number of aromatic nitrogens is 3. The zero-order valence-electron chi connectivity index (χ0n) is 15.9. The van der Waals surface area contributed by atoms with Crippen LogP contribution < -0.4 is 15.6 Å². The molecular weight excluding hydrogens is 340 g/mol. The Balaban J connectivity index is 1.74. The van der Waals surface area contributed by atoms with E-state index in [9.17, 15) is 4.79 Å². The summed E-state index contributed by atoms with van der Waals surface area (Å²) in [6.45, 7) is 2.77. The molecule has 0 bridgehead atoms. The van der Waals surface area contributed by atoms with E-state index < -0.39 is 0 Å². The molecular formula is C21H24N4O2. The molecule has 0 radical (unpaired) electrons. The molecule has 1 aromatic carbocycles. The lowest BCUT2D eigenvalue weighted by molar-refractivity contribution is 0.409. The molecule has 0 fully saturated rings. The second-order valence-electron chi connectivity index (χ2n) is 6.27. The molecule has 3 aromatic rings. The van der Waals surface area contributed by atoms with Crippen molar-refractivity contribution in [2.75, 3.05) is 19.0 Å². The first-order valence-electron chi connectivity index (χ1n) is 9.00. The van der Waals surface area contributed by atoms with Crippen LogP contribution in [0.15, 0.2) is 53.6 Å². The summed E-state index contributed by atoms with van der Waals surface area (Å²) in [4.78, 5) is 20.9. The molecule has 27 heavy (non-hydrogen) atoms. The Hall–Kier alpha value is -3.15. The smallest absolute Gasteiger partial charge is 0.255 e. The third-order valence-corrected chi connectivity index (χ3v) is 4.54. The van der Waals surface area contributed by atoms with Crippen molar-refractivity contribution < 1.29 is 4.74 Å². The van der Waals surface area contributed by atoms with Gasteiger partial charge in [-0.25, -0.2) is 4.98 Å². The van der Waals surface area contributed by atoms with E-state index in [0.29, 0.717) is 18.2 Å². The van der Waals surface area contributed by atoms with Gasteiger partial charge in [-0.15, -0.1) is 0 Å². The Morgan fingerprint density at radius 2 is 1.93 bits per heavy atom. The number of nitrogens with zero attached hydrogens (tertiary/aromatic N) is 3. The molecule has 6 nitrogen and oxygen atoms in total. The van der Waals surface area contributed by atoms with Crippen molar-refractivity contribution >= 4 is 5.95 Å². The second-order valence-corrected chi connectivity index (χ2v) is 6.27. The number of anilines is 1. The Morgan fingerprint density at radius 3 is 2.63 bits per heavy atom. The van der Waals surface area contributed by atoms with Crippen LogP contribution in [0.3, 0.4) is 0 Å². The fraction of sp³-hybridized carbons (Fsp3) is 0.286. The van der Waals surface area contributed by atoms with E-state index in [-0.39, 0.29) is 5.56 Å². The summed E-state index contributed by atoms with van der Waals surface area (Å²) in [6, 6.07) is 11.5. The third-order valence-electron chi connectivity index (χ3n) is 4.54. The number of ether oxygens (including phenoxy) is 1. The SMILES string of the molecule is CCc1ccc(CCNc2nc(-c3ccncc3)cc(=O)n2C)cc1OC. The lowest BCUT2D eigenvalue weighted by Gasteiger charge is -2.13. The molecule has 0 aliphatic rings. The van der Waals surface area contributed by atoms with Gasteiger partial charge in [-0.05, 0) is 42.2 Å². The van der Waals surface area contributed by atoms with E-state index in [4.69, 9.17) is 4.74 Å². The van der Waals surface area contributed by atoms with Crippen LogP contribution in [0, 0.1) is 0 Å². The average Bonchev–Trinajstić information content (AvgIpc) is 2.71. The third kappa shape index (κ3) is 4.34. The summed E-state index contributed by atoms with van der Waals surface area (Å²) in [5, 5.41) is 3.27. The first-order valence-corrected chi connectivity index (χ1v) is 9.00. The van der Waals surface area contributed by atoms with E-state index in [1.165, 1.54) is 21.8 Å². The van der Waals surface area contributed by atoms with Gasteiger partial charge in [0.2, 0.25) is 5.95 Å². The van der Waals surface area contributed by atoms with E-state index in [0.717, 1.165) is 24.2 Å². The molecule has 2 aromatic heterocycles. The van der Waals surface area contributed by atoms with Crippen molar-refractivity contribution in [3.63, 3.8) is 0 Å². The van der Waals surface area contributed by atoms with Gasteiger partial charge in [-0.1, -0.05) is 19.1 Å². The van der Waals surface area contributed by atoms with Gasteiger partial charge in [-0.3, -0.25) is 14.3 Å². The normalized spacial score (nSPS) is 10.6. The van der Waals surface area contributed by atoms with Gasteiger partial charge in [-0.2, -0.15) is 0 Å². The maximum Gasteiger partial charge on any atom is 0.255 e. The summed E-state index contributed by atoms with van der Waals surface area (Å²) in [7, 11) is 3.41. The van der Waals surface area contributed by atoms with Gasteiger partial charge in [0.1, 0.15) is 5.75 Å². The van der Waals surface area contributed by atoms with Crippen LogP contribution in [0.5, 0.6) is 5.75 Å². The summed E-state index contributed by atoms with van der Waals surface area (Å²) >= 11 is 0. The molecule has 3 rings (SSSR count). The van der Waals surface area contributed by atoms with Crippen LogP contribution in [-0.4, -0.2) is 28.2 Å². The van der Waals surface area contributed by atoms with Crippen LogP contribution in [0.25, 0.3) is 11.3 Å². The number of nitrogens with one attached hydrogen (secondary N) is 1. The summed E-state index contributed by atoms with van der Waals surface area (Å²) in [5.41, 5.74) is 3.77. The minimum Gasteiger partial charge on any atom is -0.496 e. The van der Waals surface area contributed by atoms with Crippen molar-refractivity contribution in [1.29, 1.82) is 0 Å². The van der Waals surface area contributed by atoms with E-state index in [1.807, 2.05) is 12.1 Å². The summed E-state index contributed by atoms with van der Waals surface area (Å²) < 4.78 is 6.98. The van der Waals surface area contributed by atoms with Gasteiger partial charge in [0, 0.05) is 37.6 Å². The zero-order valence-corrected chi connectivity index (χ0v) is 15.9. The summed E-state index contributed by atoms with van der Waals surface area (Å²) in [5.74, 6) is 1.46. The van der Waals surface area contributed by atoms with E-state index in [2.05, 4.69) is 40.4 Å². The highest BCUT2D eigenvalue weighted by Gasteiger charge is 2.08. The molecule has 0 aliphatic carbocycles. The monoisotopic (exact) mass is 364 g/mol. The maximum absolute atomic E-state index is 12.3. The second kappa shape index (κ2) is 8.49. The number of benzene rings is 1. The highest BCUT2D eigenvalue weighted by atomic mass is 16.5. The summed E-state index contributed by atoms with van der Waals surface area (Å²) in [6.07, 6.45) is 5.12. The number of aryl methyl sites for hydroxylation is 1. The van der Waals surface area contributed by atoms with Crippen LogP contribution in [0.2, 0.25) is 0 Å². The number of hydrogen-bond acceptors (Lipinski definition) is 5.